The van der Waals surface area contributed by atoms with E-state index in [-0.39, 0.29) is 6.04 Å². The molecule has 0 amide bonds. The first kappa shape index (κ1) is 15.1. The van der Waals surface area contributed by atoms with Gasteiger partial charge in [0.1, 0.15) is 11.6 Å². The molecule has 0 aliphatic heterocycles. The minimum absolute atomic E-state index is 0.162. The summed E-state index contributed by atoms with van der Waals surface area (Å²) in [6.45, 7) is 2.78. The van der Waals surface area contributed by atoms with Gasteiger partial charge in [-0.3, -0.25) is 0 Å². The Morgan fingerprint density at radius 1 is 1.33 bits per heavy atom. The second kappa shape index (κ2) is 7.44. The van der Waals surface area contributed by atoms with Crippen molar-refractivity contribution in [2.24, 2.45) is 5.92 Å². The summed E-state index contributed by atoms with van der Waals surface area (Å²) in [6, 6.07) is 3.90. The summed E-state index contributed by atoms with van der Waals surface area (Å²) in [5.41, 5.74) is 0.542. The molecule has 0 radical (unpaired) electrons. The predicted octanol–water partition coefficient (Wildman–Crippen LogP) is 2.77. The van der Waals surface area contributed by atoms with Crippen LogP contribution in [0.5, 0.6) is 0 Å². The third kappa shape index (κ3) is 4.70. The van der Waals surface area contributed by atoms with Crippen molar-refractivity contribution in [3.8, 4) is 0 Å². The average molecular weight is 257 g/mol. The molecule has 1 rings (SSSR count). The van der Waals surface area contributed by atoms with Crippen molar-refractivity contribution in [3.05, 3.63) is 35.4 Å². The van der Waals surface area contributed by atoms with Gasteiger partial charge in [-0.05, 0) is 37.4 Å². The van der Waals surface area contributed by atoms with Gasteiger partial charge in [-0.15, -0.1) is 0 Å². The SMILES string of the molecule is CNC(Cc1ccc(F)cc1F)CC(C)COC. The summed E-state index contributed by atoms with van der Waals surface area (Å²) >= 11 is 0. The van der Waals surface area contributed by atoms with Gasteiger partial charge in [0.05, 0.1) is 0 Å². The summed E-state index contributed by atoms with van der Waals surface area (Å²) < 4.78 is 31.4. The Labute approximate surface area is 107 Å². The van der Waals surface area contributed by atoms with E-state index in [1.165, 1.54) is 12.1 Å². The van der Waals surface area contributed by atoms with Crippen molar-refractivity contribution in [2.45, 2.75) is 25.8 Å². The van der Waals surface area contributed by atoms with Crippen LogP contribution in [0.25, 0.3) is 0 Å². The molecule has 0 fully saturated rings. The molecule has 0 aliphatic carbocycles. The van der Waals surface area contributed by atoms with E-state index < -0.39 is 11.6 Å². The van der Waals surface area contributed by atoms with Crippen molar-refractivity contribution in [3.63, 3.8) is 0 Å². The van der Waals surface area contributed by atoms with Crippen molar-refractivity contribution < 1.29 is 13.5 Å². The smallest absolute Gasteiger partial charge is 0.129 e. The minimum Gasteiger partial charge on any atom is -0.384 e. The maximum Gasteiger partial charge on any atom is 0.129 e. The second-order valence-electron chi connectivity index (χ2n) is 4.72. The van der Waals surface area contributed by atoms with Crippen LogP contribution < -0.4 is 5.32 Å². The minimum atomic E-state index is -0.537. The molecular weight excluding hydrogens is 236 g/mol. The predicted molar refractivity (Wildman–Crippen MR) is 68.6 cm³/mol. The first-order valence-corrected chi connectivity index (χ1v) is 6.17. The van der Waals surface area contributed by atoms with Gasteiger partial charge >= 0.3 is 0 Å². The molecule has 0 aromatic heterocycles. The van der Waals surface area contributed by atoms with Crippen molar-refractivity contribution >= 4 is 0 Å². The summed E-state index contributed by atoms with van der Waals surface area (Å²) in [6.07, 6.45) is 1.44. The Kier molecular flexibility index (Phi) is 6.22. The zero-order valence-electron chi connectivity index (χ0n) is 11.2. The van der Waals surface area contributed by atoms with E-state index in [4.69, 9.17) is 4.74 Å². The molecular formula is C14H21F2NO. The van der Waals surface area contributed by atoms with Gasteiger partial charge in [-0.1, -0.05) is 13.0 Å². The number of nitrogens with one attached hydrogen (secondary N) is 1. The summed E-state index contributed by atoms with van der Waals surface area (Å²) in [4.78, 5) is 0. The highest BCUT2D eigenvalue weighted by atomic mass is 19.1. The molecule has 2 nitrogen and oxygen atoms in total. The van der Waals surface area contributed by atoms with Crippen LogP contribution in [0, 0.1) is 17.6 Å². The lowest BCUT2D eigenvalue weighted by Gasteiger charge is -2.20. The van der Waals surface area contributed by atoms with E-state index in [0.29, 0.717) is 24.5 Å². The van der Waals surface area contributed by atoms with Gasteiger partial charge in [0.25, 0.3) is 0 Å². The molecule has 0 saturated carbocycles. The van der Waals surface area contributed by atoms with E-state index >= 15 is 0 Å². The van der Waals surface area contributed by atoms with Gasteiger partial charge in [-0.25, -0.2) is 8.78 Å². The van der Waals surface area contributed by atoms with Crippen LogP contribution in [-0.2, 0) is 11.2 Å². The average Bonchev–Trinajstić information content (AvgIpc) is 2.31. The lowest BCUT2D eigenvalue weighted by molar-refractivity contribution is 0.150. The maximum absolute atomic E-state index is 13.5. The van der Waals surface area contributed by atoms with Crippen molar-refractivity contribution in [1.82, 2.24) is 5.32 Å². The molecule has 0 saturated heterocycles. The molecule has 1 aromatic rings. The highest BCUT2D eigenvalue weighted by Gasteiger charge is 2.14. The number of methoxy groups -OCH3 is 1. The third-order valence-electron chi connectivity index (χ3n) is 3.03. The number of halogens is 2. The van der Waals surface area contributed by atoms with Crippen LogP contribution in [0.3, 0.4) is 0 Å². The number of ether oxygens (including phenoxy) is 1. The van der Waals surface area contributed by atoms with Gasteiger partial charge in [0, 0.05) is 25.8 Å². The van der Waals surface area contributed by atoms with Crippen LogP contribution in [0.15, 0.2) is 18.2 Å². The Bertz CT molecular complexity index is 371. The van der Waals surface area contributed by atoms with Crippen molar-refractivity contribution in [2.75, 3.05) is 20.8 Å². The van der Waals surface area contributed by atoms with E-state index in [0.717, 1.165) is 12.5 Å². The molecule has 0 aliphatic rings. The summed E-state index contributed by atoms with van der Waals surface area (Å²) in [5, 5.41) is 3.17. The molecule has 18 heavy (non-hydrogen) atoms. The van der Waals surface area contributed by atoms with E-state index in [2.05, 4.69) is 12.2 Å². The highest BCUT2D eigenvalue weighted by molar-refractivity contribution is 5.19. The molecule has 0 bridgehead atoms. The summed E-state index contributed by atoms with van der Waals surface area (Å²) in [7, 11) is 3.52. The monoisotopic (exact) mass is 257 g/mol. The Morgan fingerprint density at radius 3 is 2.61 bits per heavy atom. The number of benzene rings is 1. The molecule has 4 heteroatoms. The zero-order chi connectivity index (χ0) is 13.5. The van der Waals surface area contributed by atoms with E-state index in [1.807, 2.05) is 7.05 Å². The quantitative estimate of drug-likeness (QED) is 0.811. The van der Waals surface area contributed by atoms with Crippen LogP contribution in [0.2, 0.25) is 0 Å². The van der Waals surface area contributed by atoms with Crippen LogP contribution in [-0.4, -0.2) is 26.8 Å². The first-order chi connectivity index (χ1) is 8.56. The Balaban J connectivity index is 2.62. The zero-order valence-corrected chi connectivity index (χ0v) is 11.2. The van der Waals surface area contributed by atoms with Crippen LogP contribution in [0.1, 0.15) is 18.9 Å². The van der Waals surface area contributed by atoms with Crippen molar-refractivity contribution in [1.29, 1.82) is 0 Å². The molecule has 102 valence electrons. The van der Waals surface area contributed by atoms with E-state index in [1.54, 1.807) is 7.11 Å². The Morgan fingerprint density at radius 2 is 2.06 bits per heavy atom. The highest BCUT2D eigenvalue weighted by Crippen LogP contribution is 2.15. The van der Waals surface area contributed by atoms with Gasteiger partial charge in [0.2, 0.25) is 0 Å². The molecule has 2 atom stereocenters. The standard InChI is InChI=1S/C14H21F2NO/c1-10(9-18-3)6-13(17-2)7-11-4-5-12(15)8-14(11)16/h4-5,8,10,13,17H,6-7,9H2,1-3H3. The number of rotatable bonds is 7. The molecule has 2 unspecified atom stereocenters. The number of hydrogen-bond donors (Lipinski definition) is 1. The maximum atomic E-state index is 13.5. The molecule has 1 N–H and O–H groups in total. The van der Waals surface area contributed by atoms with Gasteiger partial charge < -0.3 is 10.1 Å². The fourth-order valence-corrected chi connectivity index (χ4v) is 2.09. The topological polar surface area (TPSA) is 21.3 Å². The second-order valence-corrected chi connectivity index (χ2v) is 4.72. The largest absolute Gasteiger partial charge is 0.384 e. The Hall–Kier alpha value is -1.00. The summed E-state index contributed by atoms with van der Waals surface area (Å²) in [5.74, 6) is -0.615. The number of likely N-dealkylation sites (N-methyl/N-ethyl adjacent to an activating group) is 1. The van der Waals surface area contributed by atoms with E-state index in [9.17, 15) is 8.78 Å². The lowest BCUT2D eigenvalue weighted by Crippen LogP contribution is -2.30. The van der Waals surface area contributed by atoms with Crippen LogP contribution in [0.4, 0.5) is 8.78 Å². The molecule has 0 heterocycles. The fraction of sp³-hybridized carbons (Fsp3) is 0.571. The van der Waals surface area contributed by atoms with Gasteiger partial charge in [0.15, 0.2) is 0 Å². The number of hydrogen-bond acceptors (Lipinski definition) is 2. The van der Waals surface area contributed by atoms with Gasteiger partial charge in [-0.2, -0.15) is 0 Å². The third-order valence-corrected chi connectivity index (χ3v) is 3.03. The lowest BCUT2D eigenvalue weighted by atomic mass is 9.96. The fourth-order valence-electron chi connectivity index (χ4n) is 2.09. The molecule has 1 aromatic carbocycles. The first-order valence-electron chi connectivity index (χ1n) is 6.17. The molecule has 0 spiro atoms. The van der Waals surface area contributed by atoms with Crippen LogP contribution >= 0.6 is 0 Å². The normalized spacial score (nSPS) is 14.5.